The Kier molecular flexibility index (Phi) is 5.08. The maximum atomic E-state index is 12.6. The number of aromatic nitrogens is 1. The van der Waals surface area contributed by atoms with Crippen molar-refractivity contribution in [1.29, 1.82) is 0 Å². The molecule has 154 valence electrons. The largest absolute Gasteiger partial charge is 0.464 e. The molecule has 4 rings (SSSR count). The summed E-state index contributed by atoms with van der Waals surface area (Å²) in [4.78, 5) is 32.2. The minimum absolute atomic E-state index is 0.0342. The summed E-state index contributed by atoms with van der Waals surface area (Å²) < 4.78 is 4.99. The van der Waals surface area contributed by atoms with Gasteiger partial charge in [0.15, 0.2) is 0 Å². The minimum atomic E-state index is -0.336. The summed E-state index contributed by atoms with van der Waals surface area (Å²) in [6.07, 6.45) is 2.93. The predicted octanol–water partition coefficient (Wildman–Crippen LogP) is 2.63. The molecule has 2 amide bonds. The number of carbonyl (C=O) groups is 2. The molecule has 1 aliphatic carbocycles. The van der Waals surface area contributed by atoms with E-state index in [0.717, 1.165) is 35.0 Å². The van der Waals surface area contributed by atoms with Crippen LogP contribution in [0.25, 0.3) is 16.5 Å². The van der Waals surface area contributed by atoms with Crippen LogP contribution >= 0.6 is 0 Å². The summed E-state index contributed by atoms with van der Waals surface area (Å²) in [5.74, 6) is -0.336. The summed E-state index contributed by atoms with van der Waals surface area (Å²) >= 11 is 0. The van der Waals surface area contributed by atoms with Crippen molar-refractivity contribution in [3.05, 3.63) is 41.1 Å². The summed E-state index contributed by atoms with van der Waals surface area (Å²) in [7, 11) is 3.48. The number of nitrogens with zero attached hydrogens (tertiary/aromatic N) is 2. The van der Waals surface area contributed by atoms with Crippen LogP contribution in [0.3, 0.4) is 0 Å². The Morgan fingerprint density at radius 3 is 2.76 bits per heavy atom. The third-order valence-electron chi connectivity index (χ3n) is 6.14. The third kappa shape index (κ3) is 3.19. The highest BCUT2D eigenvalue weighted by atomic mass is 16.5. The molecule has 1 aromatic carbocycles. The van der Waals surface area contributed by atoms with Crippen LogP contribution in [0.2, 0.25) is 0 Å². The molecule has 1 aromatic heterocycles. The van der Waals surface area contributed by atoms with Gasteiger partial charge in [-0.25, -0.2) is 9.59 Å². The second kappa shape index (κ2) is 7.55. The molecule has 0 saturated heterocycles. The first-order valence-corrected chi connectivity index (χ1v) is 10.2. The molecule has 29 heavy (non-hydrogen) atoms. The number of hydrogen-bond acceptors (Lipinski definition) is 4. The van der Waals surface area contributed by atoms with Gasteiger partial charge in [-0.05, 0) is 50.1 Å². The molecule has 2 N–H and O–H groups in total. The fourth-order valence-corrected chi connectivity index (χ4v) is 4.67. The number of H-pyrrole nitrogens is 1. The van der Waals surface area contributed by atoms with Crippen molar-refractivity contribution in [2.24, 2.45) is 0 Å². The average Bonchev–Trinajstić information content (AvgIpc) is 3.09. The van der Waals surface area contributed by atoms with Gasteiger partial charge in [0.2, 0.25) is 0 Å². The monoisotopic (exact) mass is 396 g/mol. The molecular formula is C22H28N4O3. The highest BCUT2D eigenvalue weighted by molar-refractivity contribution is 6.05. The number of fused-ring (bicyclic) bond motifs is 2. The fraction of sp³-hybridized carbons (Fsp3) is 0.455. The summed E-state index contributed by atoms with van der Waals surface area (Å²) in [5.41, 5.74) is 4.82. The van der Waals surface area contributed by atoms with E-state index in [1.807, 2.05) is 26.0 Å². The summed E-state index contributed by atoms with van der Waals surface area (Å²) in [5, 5.41) is 4.24. The van der Waals surface area contributed by atoms with Crippen molar-refractivity contribution >= 4 is 28.5 Å². The van der Waals surface area contributed by atoms with Crippen molar-refractivity contribution in [2.45, 2.75) is 32.4 Å². The van der Waals surface area contributed by atoms with E-state index in [2.05, 4.69) is 34.4 Å². The number of urea groups is 1. The Balaban J connectivity index is 1.75. The number of aromatic amines is 1. The number of amides is 2. The van der Waals surface area contributed by atoms with Gasteiger partial charge in [0, 0.05) is 36.6 Å². The van der Waals surface area contributed by atoms with E-state index in [-0.39, 0.29) is 24.1 Å². The maximum Gasteiger partial charge on any atom is 0.354 e. The van der Waals surface area contributed by atoms with Gasteiger partial charge < -0.3 is 19.9 Å². The zero-order valence-corrected chi connectivity index (χ0v) is 17.4. The highest BCUT2D eigenvalue weighted by Crippen LogP contribution is 2.41. The Labute approximate surface area is 170 Å². The molecule has 7 heteroatoms. The van der Waals surface area contributed by atoms with Gasteiger partial charge in [0.05, 0.1) is 13.2 Å². The van der Waals surface area contributed by atoms with Crippen molar-refractivity contribution in [2.75, 3.05) is 33.8 Å². The van der Waals surface area contributed by atoms with Gasteiger partial charge in [0.1, 0.15) is 5.69 Å². The lowest BCUT2D eigenvalue weighted by Crippen LogP contribution is -2.52. The molecule has 2 aliphatic rings. The van der Waals surface area contributed by atoms with Crippen molar-refractivity contribution in [3.8, 4) is 0 Å². The van der Waals surface area contributed by atoms with E-state index >= 15 is 0 Å². The molecule has 0 unspecified atom stereocenters. The van der Waals surface area contributed by atoms with E-state index < -0.39 is 0 Å². The van der Waals surface area contributed by atoms with Crippen LogP contribution in [0.15, 0.2) is 24.3 Å². The molecule has 1 aliphatic heterocycles. The topological polar surface area (TPSA) is 77.7 Å². The van der Waals surface area contributed by atoms with Gasteiger partial charge in [-0.3, -0.25) is 4.90 Å². The number of methoxy groups -OCH3 is 1. The number of hydrogen-bond donors (Lipinski definition) is 2. The van der Waals surface area contributed by atoms with Crippen molar-refractivity contribution in [3.63, 3.8) is 0 Å². The van der Waals surface area contributed by atoms with Crippen molar-refractivity contribution in [1.82, 2.24) is 20.1 Å². The van der Waals surface area contributed by atoms with Gasteiger partial charge in [-0.1, -0.05) is 18.2 Å². The van der Waals surface area contributed by atoms with E-state index in [0.29, 0.717) is 18.8 Å². The first-order chi connectivity index (χ1) is 14.0. The zero-order chi connectivity index (χ0) is 20.7. The van der Waals surface area contributed by atoms with Gasteiger partial charge >= 0.3 is 12.0 Å². The standard InChI is InChI=1S/C22H28N4O3/c1-5-26(6-2)22(28)23-13-10-15-14-8-7-9-17-19(14)16(11-18(15)25(3)12-13)20(24-17)21(27)29-4/h7-10,13,18,24H,5-6,11-12H2,1-4H3,(H,23,28)/t13-,18+/m0/s1. The van der Waals surface area contributed by atoms with E-state index in [1.54, 1.807) is 4.90 Å². The quantitative estimate of drug-likeness (QED) is 0.779. The van der Waals surface area contributed by atoms with Crippen LogP contribution in [-0.2, 0) is 11.2 Å². The van der Waals surface area contributed by atoms with Gasteiger partial charge in [0.25, 0.3) is 0 Å². The molecular weight excluding hydrogens is 368 g/mol. The lowest BCUT2D eigenvalue weighted by Gasteiger charge is -2.40. The zero-order valence-electron chi connectivity index (χ0n) is 17.4. The molecule has 7 nitrogen and oxygen atoms in total. The van der Waals surface area contributed by atoms with E-state index in [4.69, 9.17) is 4.74 Å². The summed E-state index contributed by atoms with van der Waals surface area (Å²) in [6.45, 7) is 6.07. The number of carbonyl (C=O) groups excluding carboxylic acids is 2. The average molecular weight is 396 g/mol. The van der Waals surface area contributed by atoms with E-state index in [9.17, 15) is 9.59 Å². The first-order valence-electron chi connectivity index (χ1n) is 10.2. The van der Waals surface area contributed by atoms with Crippen LogP contribution in [0, 0.1) is 0 Å². The van der Waals surface area contributed by atoms with Crippen LogP contribution in [0.4, 0.5) is 4.79 Å². The van der Waals surface area contributed by atoms with Crippen LogP contribution in [-0.4, -0.2) is 72.7 Å². The number of esters is 1. The highest BCUT2D eigenvalue weighted by Gasteiger charge is 2.36. The number of nitrogens with one attached hydrogen (secondary N) is 2. The number of rotatable bonds is 4. The minimum Gasteiger partial charge on any atom is -0.464 e. The second-order valence-corrected chi connectivity index (χ2v) is 7.71. The first kappa shape index (κ1) is 19.5. The molecule has 0 saturated carbocycles. The van der Waals surface area contributed by atoms with Crippen LogP contribution < -0.4 is 5.32 Å². The Morgan fingerprint density at radius 2 is 2.07 bits per heavy atom. The molecule has 0 bridgehead atoms. The molecule has 2 heterocycles. The van der Waals surface area contributed by atoms with Crippen LogP contribution in [0.5, 0.6) is 0 Å². The smallest absolute Gasteiger partial charge is 0.354 e. The number of benzene rings is 1. The Morgan fingerprint density at radius 1 is 1.31 bits per heavy atom. The third-order valence-corrected chi connectivity index (χ3v) is 6.14. The van der Waals surface area contributed by atoms with Crippen molar-refractivity contribution < 1.29 is 14.3 Å². The molecule has 2 atom stereocenters. The Bertz CT molecular complexity index is 989. The molecule has 0 fully saturated rings. The van der Waals surface area contributed by atoms with Crippen LogP contribution in [0.1, 0.15) is 35.5 Å². The fourth-order valence-electron chi connectivity index (χ4n) is 4.67. The number of ether oxygens (including phenoxy) is 1. The Hall–Kier alpha value is -2.80. The molecule has 0 spiro atoms. The molecule has 2 aromatic rings. The SMILES string of the molecule is CCN(CC)C(=O)N[C@H]1C=C2c3cccc4[nH]c(C(=O)OC)c(c34)C[C@H]2N(C)C1. The normalized spacial score (nSPS) is 20.8. The molecule has 0 radical (unpaired) electrons. The summed E-state index contributed by atoms with van der Waals surface area (Å²) in [6, 6.07) is 6.15. The van der Waals surface area contributed by atoms with E-state index in [1.165, 1.54) is 12.7 Å². The second-order valence-electron chi connectivity index (χ2n) is 7.71. The van der Waals surface area contributed by atoms with Gasteiger partial charge in [-0.15, -0.1) is 0 Å². The maximum absolute atomic E-state index is 12.6. The predicted molar refractivity (Wildman–Crippen MR) is 113 cm³/mol. The number of likely N-dealkylation sites (N-methyl/N-ethyl adjacent to an activating group) is 1. The lowest BCUT2D eigenvalue weighted by atomic mass is 9.80. The van der Waals surface area contributed by atoms with Gasteiger partial charge in [-0.2, -0.15) is 0 Å². The lowest BCUT2D eigenvalue weighted by molar-refractivity contribution is 0.0593.